The molecule has 0 aliphatic carbocycles. The number of halogens is 1. The summed E-state index contributed by atoms with van der Waals surface area (Å²) in [6.07, 6.45) is 2.15. The lowest BCUT2D eigenvalue weighted by atomic mass is 9.91. The smallest absolute Gasteiger partial charge is 0.251 e. The Morgan fingerprint density at radius 1 is 1.42 bits per heavy atom. The van der Waals surface area contributed by atoms with Crippen molar-refractivity contribution >= 4 is 5.91 Å². The van der Waals surface area contributed by atoms with E-state index in [9.17, 15) is 9.18 Å². The van der Waals surface area contributed by atoms with Crippen molar-refractivity contribution in [3.05, 3.63) is 35.1 Å². The molecule has 0 radical (unpaired) electrons. The normalized spacial score (nSPS) is 18.1. The second kappa shape index (κ2) is 6.15. The van der Waals surface area contributed by atoms with E-state index in [1.54, 1.807) is 19.1 Å². The van der Waals surface area contributed by atoms with Gasteiger partial charge in [0, 0.05) is 11.6 Å². The molecule has 4 heteroatoms. The van der Waals surface area contributed by atoms with Crippen LogP contribution in [0.5, 0.6) is 0 Å². The first-order valence-corrected chi connectivity index (χ1v) is 6.85. The molecule has 0 spiro atoms. The summed E-state index contributed by atoms with van der Waals surface area (Å²) in [6, 6.07) is 4.74. The van der Waals surface area contributed by atoms with Crippen molar-refractivity contribution in [2.75, 3.05) is 13.1 Å². The number of amides is 1. The highest BCUT2D eigenvalue weighted by molar-refractivity contribution is 5.94. The van der Waals surface area contributed by atoms with E-state index in [4.69, 9.17) is 0 Å². The molecule has 1 atom stereocenters. The van der Waals surface area contributed by atoms with E-state index >= 15 is 0 Å². The van der Waals surface area contributed by atoms with Crippen molar-refractivity contribution in [2.24, 2.45) is 5.92 Å². The predicted molar refractivity (Wildman–Crippen MR) is 73.7 cm³/mol. The van der Waals surface area contributed by atoms with Crippen LogP contribution in [0.2, 0.25) is 0 Å². The number of hydrogen-bond acceptors (Lipinski definition) is 2. The molecule has 1 amide bonds. The molecule has 1 aromatic carbocycles. The summed E-state index contributed by atoms with van der Waals surface area (Å²) in [4.78, 5) is 12.1. The quantitative estimate of drug-likeness (QED) is 0.879. The SMILES string of the molecule is Cc1ccc(C(=O)NC(C)C2CCNCC2)cc1F. The van der Waals surface area contributed by atoms with Crippen molar-refractivity contribution in [1.82, 2.24) is 10.6 Å². The average Bonchev–Trinajstić information content (AvgIpc) is 2.42. The van der Waals surface area contributed by atoms with Gasteiger partial charge in [0.1, 0.15) is 5.82 Å². The summed E-state index contributed by atoms with van der Waals surface area (Å²) < 4.78 is 13.4. The summed E-state index contributed by atoms with van der Waals surface area (Å²) in [5, 5.41) is 6.29. The number of carbonyl (C=O) groups excluding carboxylic acids is 1. The monoisotopic (exact) mass is 264 g/mol. The van der Waals surface area contributed by atoms with E-state index in [1.807, 2.05) is 6.92 Å². The van der Waals surface area contributed by atoms with Crippen LogP contribution in [0.25, 0.3) is 0 Å². The lowest BCUT2D eigenvalue weighted by Crippen LogP contribution is -2.42. The molecule has 0 bridgehead atoms. The molecular weight excluding hydrogens is 243 g/mol. The second-order valence-electron chi connectivity index (χ2n) is 5.31. The van der Waals surface area contributed by atoms with Gasteiger partial charge in [-0.3, -0.25) is 4.79 Å². The third-order valence-corrected chi connectivity index (χ3v) is 3.88. The van der Waals surface area contributed by atoms with Crippen LogP contribution in [0.1, 0.15) is 35.7 Å². The number of rotatable bonds is 3. The van der Waals surface area contributed by atoms with Crippen LogP contribution in [0.3, 0.4) is 0 Å². The van der Waals surface area contributed by atoms with Crippen LogP contribution in [-0.4, -0.2) is 25.0 Å². The van der Waals surface area contributed by atoms with Crippen LogP contribution in [0.4, 0.5) is 4.39 Å². The molecule has 2 rings (SSSR count). The molecule has 1 heterocycles. The van der Waals surface area contributed by atoms with Crippen molar-refractivity contribution in [3.8, 4) is 0 Å². The molecule has 2 N–H and O–H groups in total. The molecule has 19 heavy (non-hydrogen) atoms. The fraction of sp³-hybridized carbons (Fsp3) is 0.533. The van der Waals surface area contributed by atoms with Gasteiger partial charge in [-0.2, -0.15) is 0 Å². The number of nitrogens with one attached hydrogen (secondary N) is 2. The molecule has 1 aliphatic rings. The Morgan fingerprint density at radius 2 is 2.11 bits per heavy atom. The van der Waals surface area contributed by atoms with Gasteiger partial charge in [-0.05, 0) is 63.4 Å². The minimum atomic E-state index is -0.331. The van der Waals surface area contributed by atoms with Crippen LogP contribution in [0, 0.1) is 18.7 Å². The van der Waals surface area contributed by atoms with Gasteiger partial charge in [0.05, 0.1) is 0 Å². The van der Waals surface area contributed by atoms with Crippen LogP contribution >= 0.6 is 0 Å². The van der Waals surface area contributed by atoms with Gasteiger partial charge in [0.2, 0.25) is 0 Å². The Hall–Kier alpha value is -1.42. The third kappa shape index (κ3) is 3.53. The van der Waals surface area contributed by atoms with Crippen molar-refractivity contribution in [1.29, 1.82) is 0 Å². The first-order chi connectivity index (χ1) is 9.08. The molecular formula is C15H21FN2O. The Labute approximate surface area is 113 Å². The second-order valence-corrected chi connectivity index (χ2v) is 5.31. The largest absolute Gasteiger partial charge is 0.349 e. The van der Waals surface area contributed by atoms with Crippen molar-refractivity contribution < 1.29 is 9.18 Å². The first kappa shape index (κ1) is 14.0. The molecule has 1 aliphatic heterocycles. The number of hydrogen-bond donors (Lipinski definition) is 2. The van der Waals surface area contributed by atoms with Gasteiger partial charge in [0.25, 0.3) is 5.91 Å². The first-order valence-electron chi connectivity index (χ1n) is 6.85. The Morgan fingerprint density at radius 3 is 2.74 bits per heavy atom. The summed E-state index contributed by atoms with van der Waals surface area (Å²) in [5.41, 5.74) is 0.951. The van der Waals surface area contributed by atoms with Crippen LogP contribution in [-0.2, 0) is 0 Å². The number of carbonyl (C=O) groups is 1. The van der Waals surface area contributed by atoms with E-state index in [0.717, 1.165) is 25.9 Å². The summed E-state index contributed by atoms with van der Waals surface area (Å²) >= 11 is 0. The standard InChI is InChI=1S/C15H21FN2O/c1-10-3-4-13(9-14(10)16)15(19)18-11(2)12-5-7-17-8-6-12/h3-4,9,11-12,17H,5-8H2,1-2H3,(H,18,19). The summed E-state index contributed by atoms with van der Waals surface area (Å²) in [5.74, 6) is -0.0207. The zero-order valence-corrected chi connectivity index (χ0v) is 11.5. The van der Waals surface area contributed by atoms with Gasteiger partial charge < -0.3 is 10.6 Å². The molecule has 3 nitrogen and oxygen atoms in total. The Bertz CT molecular complexity index is 455. The molecule has 104 valence electrons. The summed E-state index contributed by atoms with van der Waals surface area (Å²) in [7, 11) is 0. The van der Waals surface area contributed by atoms with E-state index in [-0.39, 0.29) is 17.8 Å². The molecule has 1 fully saturated rings. The fourth-order valence-corrected chi connectivity index (χ4v) is 2.49. The maximum Gasteiger partial charge on any atom is 0.251 e. The third-order valence-electron chi connectivity index (χ3n) is 3.88. The lowest BCUT2D eigenvalue weighted by Gasteiger charge is -2.28. The number of piperidine rings is 1. The maximum absolute atomic E-state index is 13.4. The van der Waals surface area contributed by atoms with Crippen LogP contribution < -0.4 is 10.6 Å². The highest BCUT2D eigenvalue weighted by atomic mass is 19.1. The fourth-order valence-electron chi connectivity index (χ4n) is 2.49. The zero-order chi connectivity index (χ0) is 13.8. The van der Waals surface area contributed by atoms with Crippen molar-refractivity contribution in [2.45, 2.75) is 32.7 Å². The molecule has 1 aromatic rings. The average molecular weight is 264 g/mol. The minimum Gasteiger partial charge on any atom is -0.349 e. The van der Waals surface area contributed by atoms with Gasteiger partial charge in [-0.25, -0.2) is 4.39 Å². The van der Waals surface area contributed by atoms with E-state index in [1.165, 1.54) is 6.07 Å². The van der Waals surface area contributed by atoms with Crippen molar-refractivity contribution in [3.63, 3.8) is 0 Å². The van der Waals surface area contributed by atoms with E-state index < -0.39 is 0 Å². The number of benzene rings is 1. The maximum atomic E-state index is 13.4. The molecule has 1 saturated heterocycles. The molecule has 0 saturated carbocycles. The van der Waals surface area contributed by atoms with Gasteiger partial charge in [-0.1, -0.05) is 6.07 Å². The highest BCUT2D eigenvalue weighted by Gasteiger charge is 2.21. The van der Waals surface area contributed by atoms with Crippen LogP contribution in [0.15, 0.2) is 18.2 Å². The molecule has 0 aromatic heterocycles. The Balaban J connectivity index is 1.97. The highest BCUT2D eigenvalue weighted by Crippen LogP contribution is 2.17. The predicted octanol–water partition coefficient (Wildman–Crippen LogP) is 2.25. The van der Waals surface area contributed by atoms with Gasteiger partial charge in [-0.15, -0.1) is 0 Å². The number of aryl methyl sites for hydroxylation is 1. The van der Waals surface area contributed by atoms with E-state index in [2.05, 4.69) is 10.6 Å². The van der Waals surface area contributed by atoms with Gasteiger partial charge in [0.15, 0.2) is 0 Å². The topological polar surface area (TPSA) is 41.1 Å². The van der Waals surface area contributed by atoms with E-state index in [0.29, 0.717) is 17.0 Å². The Kier molecular flexibility index (Phi) is 4.53. The zero-order valence-electron chi connectivity index (χ0n) is 11.5. The summed E-state index contributed by atoms with van der Waals surface area (Å²) in [6.45, 7) is 5.72. The lowest BCUT2D eigenvalue weighted by molar-refractivity contribution is 0.0920. The van der Waals surface area contributed by atoms with Gasteiger partial charge >= 0.3 is 0 Å². The minimum absolute atomic E-state index is 0.124. The molecule has 1 unspecified atom stereocenters.